The maximum Gasteiger partial charge on any atom is 0.251 e. The number of halogens is 1. The highest BCUT2D eigenvalue weighted by molar-refractivity contribution is 9.10. The highest BCUT2D eigenvalue weighted by atomic mass is 79.9. The van der Waals surface area contributed by atoms with Crippen LogP contribution < -0.4 is 15.5 Å². The van der Waals surface area contributed by atoms with Gasteiger partial charge in [-0.1, -0.05) is 15.9 Å². The molecule has 0 saturated heterocycles. The van der Waals surface area contributed by atoms with Crippen LogP contribution in [0.4, 0.5) is 11.8 Å². The molecule has 1 aromatic carbocycles. The Kier molecular flexibility index (Phi) is 7.11. The van der Waals surface area contributed by atoms with Crippen molar-refractivity contribution < 1.29 is 4.79 Å². The number of carbonyl (C=O) groups excluding carboxylic acids is 1. The van der Waals surface area contributed by atoms with Crippen molar-refractivity contribution in [3.05, 3.63) is 45.6 Å². The van der Waals surface area contributed by atoms with E-state index in [4.69, 9.17) is 0 Å². The van der Waals surface area contributed by atoms with E-state index in [2.05, 4.69) is 36.5 Å². The normalized spacial score (nSPS) is 18.9. The molecule has 2 N–H and O–H groups in total. The summed E-state index contributed by atoms with van der Waals surface area (Å²) in [6.07, 6.45) is 6.05. The molecule has 1 saturated carbocycles. The molecule has 0 unspecified atom stereocenters. The van der Waals surface area contributed by atoms with Gasteiger partial charge in [0.2, 0.25) is 5.95 Å². The first-order valence-corrected chi connectivity index (χ1v) is 10.9. The quantitative estimate of drug-likeness (QED) is 0.672. The maximum absolute atomic E-state index is 12.5. The largest absolute Gasteiger partial charge is 0.362 e. The number of rotatable bonds is 6. The molecule has 29 heavy (non-hydrogen) atoms. The lowest BCUT2D eigenvalue weighted by molar-refractivity contribution is 0.0922. The van der Waals surface area contributed by atoms with Crippen LogP contribution in [-0.2, 0) is 0 Å². The lowest BCUT2D eigenvalue weighted by atomic mass is 9.86. The third kappa shape index (κ3) is 5.69. The number of nitrogens with one attached hydrogen (secondary N) is 2. The van der Waals surface area contributed by atoms with Gasteiger partial charge < -0.3 is 15.5 Å². The van der Waals surface area contributed by atoms with Gasteiger partial charge in [-0.05, 0) is 69.2 Å². The SMILES string of the molecule is Cc1cc(C(=O)N[C@H]2CC[C@@H](CNc3ncc(C)c(N(C)C)n3)CC2)ccc1Br. The van der Waals surface area contributed by atoms with Crippen LogP contribution >= 0.6 is 15.9 Å². The molecule has 0 spiro atoms. The molecule has 3 rings (SSSR count). The number of hydrogen-bond donors (Lipinski definition) is 2. The molecular formula is C22H30BrN5O. The van der Waals surface area contributed by atoms with Gasteiger partial charge in [-0.3, -0.25) is 4.79 Å². The Bertz CT molecular complexity index is 862. The Morgan fingerprint density at radius 2 is 1.90 bits per heavy atom. The molecule has 1 aliphatic carbocycles. The number of aryl methyl sites for hydroxylation is 2. The molecule has 7 heteroatoms. The van der Waals surface area contributed by atoms with Crippen LogP contribution in [0.15, 0.2) is 28.9 Å². The van der Waals surface area contributed by atoms with E-state index in [-0.39, 0.29) is 11.9 Å². The molecule has 2 aromatic rings. The smallest absolute Gasteiger partial charge is 0.251 e. The zero-order valence-electron chi connectivity index (χ0n) is 17.6. The first kappa shape index (κ1) is 21.6. The summed E-state index contributed by atoms with van der Waals surface area (Å²) in [5.41, 5.74) is 2.86. The van der Waals surface area contributed by atoms with Crippen molar-refractivity contribution in [3.8, 4) is 0 Å². The minimum absolute atomic E-state index is 0.0199. The van der Waals surface area contributed by atoms with Crippen molar-refractivity contribution in [1.82, 2.24) is 15.3 Å². The van der Waals surface area contributed by atoms with Crippen molar-refractivity contribution in [2.45, 2.75) is 45.6 Å². The molecule has 6 nitrogen and oxygen atoms in total. The summed E-state index contributed by atoms with van der Waals surface area (Å²) in [7, 11) is 3.98. The number of aromatic nitrogens is 2. The first-order valence-electron chi connectivity index (χ1n) is 10.2. The van der Waals surface area contributed by atoms with Crippen LogP contribution in [0.1, 0.15) is 47.2 Å². The van der Waals surface area contributed by atoms with E-state index in [1.807, 2.05) is 57.2 Å². The molecule has 0 atom stereocenters. The van der Waals surface area contributed by atoms with Crippen LogP contribution in [0, 0.1) is 19.8 Å². The van der Waals surface area contributed by atoms with Gasteiger partial charge in [0.25, 0.3) is 5.91 Å². The number of carbonyl (C=O) groups is 1. The highest BCUT2D eigenvalue weighted by Gasteiger charge is 2.23. The lowest BCUT2D eigenvalue weighted by Crippen LogP contribution is -2.38. The zero-order valence-corrected chi connectivity index (χ0v) is 19.2. The molecule has 1 amide bonds. The van der Waals surface area contributed by atoms with Gasteiger partial charge in [0.05, 0.1) is 0 Å². The van der Waals surface area contributed by atoms with Crippen molar-refractivity contribution in [2.75, 3.05) is 30.9 Å². The summed E-state index contributed by atoms with van der Waals surface area (Å²) in [5, 5.41) is 6.59. The van der Waals surface area contributed by atoms with Crippen LogP contribution in [0.5, 0.6) is 0 Å². The van der Waals surface area contributed by atoms with Gasteiger partial charge in [-0.15, -0.1) is 0 Å². The fraction of sp³-hybridized carbons (Fsp3) is 0.500. The van der Waals surface area contributed by atoms with E-state index in [1.165, 1.54) is 0 Å². The van der Waals surface area contributed by atoms with Crippen molar-refractivity contribution in [1.29, 1.82) is 0 Å². The first-order chi connectivity index (χ1) is 13.8. The fourth-order valence-corrected chi connectivity index (χ4v) is 4.02. The van der Waals surface area contributed by atoms with E-state index in [9.17, 15) is 4.79 Å². The van der Waals surface area contributed by atoms with Crippen LogP contribution in [0.3, 0.4) is 0 Å². The van der Waals surface area contributed by atoms with Gasteiger partial charge in [0.1, 0.15) is 5.82 Å². The molecule has 1 fully saturated rings. The monoisotopic (exact) mass is 459 g/mol. The fourth-order valence-electron chi connectivity index (χ4n) is 3.77. The van der Waals surface area contributed by atoms with E-state index in [1.54, 1.807) is 0 Å². The zero-order chi connectivity index (χ0) is 21.0. The van der Waals surface area contributed by atoms with Crippen molar-refractivity contribution >= 4 is 33.6 Å². The Morgan fingerprint density at radius 3 is 2.55 bits per heavy atom. The number of nitrogens with zero attached hydrogens (tertiary/aromatic N) is 3. The molecule has 156 valence electrons. The number of benzene rings is 1. The van der Waals surface area contributed by atoms with E-state index in [0.717, 1.165) is 59.2 Å². The van der Waals surface area contributed by atoms with Gasteiger partial charge in [0.15, 0.2) is 0 Å². The molecule has 1 aromatic heterocycles. The minimum Gasteiger partial charge on any atom is -0.362 e. The topological polar surface area (TPSA) is 70.2 Å². The van der Waals surface area contributed by atoms with E-state index in [0.29, 0.717) is 11.9 Å². The third-order valence-corrected chi connectivity index (χ3v) is 6.41. The molecule has 0 aliphatic heterocycles. The number of hydrogen-bond acceptors (Lipinski definition) is 5. The molecule has 1 aliphatic rings. The van der Waals surface area contributed by atoms with E-state index < -0.39 is 0 Å². The highest BCUT2D eigenvalue weighted by Crippen LogP contribution is 2.25. The van der Waals surface area contributed by atoms with Gasteiger partial charge in [-0.2, -0.15) is 4.98 Å². The summed E-state index contributed by atoms with van der Waals surface area (Å²) in [6, 6.07) is 5.98. The van der Waals surface area contributed by atoms with E-state index >= 15 is 0 Å². The minimum atomic E-state index is 0.0199. The second-order valence-electron chi connectivity index (χ2n) is 8.13. The summed E-state index contributed by atoms with van der Waals surface area (Å²) in [5.74, 6) is 2.22. The van der Waals surface area contributed by atoms with Crippen LogP contribution in [-0.4, -0.2) is 42.6 Å². The molecule has 0 bridgehead atoms. The average molecular weight is 460 g/mol. The van der Waals surface area contributed by atoms with Crippen molar-refractivity contribution in [2.24, 2.45) is 5.92 Å². The Labute approximate surface area is 181 Å². The van der Waals surface area contributed by atoms with Crippen molar-refractivity contribution in [3.63, 3.8) is 0 Å². The van der Waals surface area contributed by atoms with Crippen LogP contribution in [0.2, 0.25) is 0 Å². The molecule has 0 radical (unpaired) electrons. The number of anilines is 2. The summed E-state index contributed by atoms with van der Waals surface area (Å²) >= 11 is 3.48. The third-order valence-electron chi connectivity index (χ3n) is 5.52. The lowest BCUT2D eigenvalue weighted by Gasteiger charge is -2.29. The Hall–Kier alpha value is -2.15. The summed E-state index contributed by atoms with van der Waals surface area (Å²) in [6.45, 7) is 4.88. The molecular weight excluding hydrogens is 430 g/mol. The Balaban J connectivity index is 1.46. The standard InChI is InChI=1S/C22H30BrN5O/c1-14-11-17(7-10-19(14)23)21(29)26-18-8-5-16(6-9-18)13-25-22-24-12-15(2)20(27-22)28(3)4/h7,10-12,16,18H,5-6,8-9,13H2,1-4H3,(H,26,29)(H,24,25,27)/t16-,18+. The van der Waals surface area contributed by atoms with Gasteiger partial charge in [0, 0.05) is 48.5 Å². The number of amides is 1. The Morgan fingerprint density at radius 1 is 1.17 bits per heavy atom. The summed E-state index contributed by atoms with van der Waals surface area (Å²) < 4.78 is 1.03. The van der Waals surface area contributed by atoms with Gasteiger partial charge >= 0.3 is 0 Å². The second-order valence-corrected chi connectivity index (χ2v) is 8.98. The predicted molar refractivity (Wildman–Crippen MR) is 122 cm³/mol. The van der Waals surface area contributed by atoms with Crippen LogP contribution in [0.25, 0.3) is 0 Å². The average Bonchev–Trinajstić information content (AvgIpc) is 2.70. The molecule has 1 heterocycles. The second kappa shape index (κ2) is 9.57. The summed E-state index contributed by atoms with van der Waals surface area (Å²) in [4.78, 5) is 23.5. The van der Waals surface area contributed by atoms with Gasteiger partial charge in [-0.25, -0.2) is 4.98 Å². The maximum atomic E-state index is 12.5. The predicted octanol–water partition coefficient (Wildman–Crippen LogP) is 4.32.